The summed E-state index contributed by atoms with van der Waals surface area (Å²) in [7, 11) is -3.57. The molecule has 8 heteroatoms. The van der Waals surface area contributed by atoms with Crippen LogP contribution in [0.15, 0.2) is 95.9 Å². The highest BCUT2D eigenvalue weighted by Gasteiger charge is 2.39. The Morgan fingerprint density at radius 3 is 2.14 bits per heavy atom. The van der Waals surface area contributed by atoms with E-state index in [-0.39, 0.29) is 18.1 Å². The second-order valence-electron chi connectivity index (χ2n) is 11.7. The minimum atomic E-state index is -3.57. The largest absolute Gasteiger partial charge is 0.334 e. The standard InChI is InChI=1S/C34H44N4O3S/c1-2-20-38(34(39)35-25-27-12-6-3-7-13-27)31-18-21-37(22-19-31)26-29-23-30(24-33(29)28-14-8-4-9-15-28)36-42(40,41)32-16-10-5-11-17-32/h3-17,29-31,33,36H,2,18-26H2,1H3,(H,35,39)/t29-,30?,33?/m1/s1. The number of amides is 2. The molecule has 2 aliphatic rings. The van der Waals surface area contributed by atoms with Crippen molar-refractivity contribution in [1.29, 1.82) is 0 Å². The molecule has 1 heterocycles. The lowest BCUT2D eigenvalue weighted by Gasteiger charge is -2.39. The van der Waals surface area contributed by atoms with E-state index < -0.39 is 10.0 Å². The normalized spacial score (nSPS) is 21.7. The van der Waals surface area contributed by atoms with E-state index in [2.05, 4.69) is 46.1 Å². The Hall–Kier alpha value is -3.20. The second-order valence-corrected chi connectivity index (χ2v) is 13.5. The van der Waals surface area contributed by atoms with Crippen molar-refractivity contribution in [2.75, 3.05) is 26.2 Å². The number of sulfonamides is 1. The smallest absolute Gasteiger partial charge is 0.317 e. The van der Waals surface area contributed by atoms with Gasteiger partial charge in [0.1, 0.15) is 0 Å². The van der Waals surface area contributed by atoms with Gasteiger partial charge in [-0.1, -0.05) is 85.8 Å². The topological polar surface area (TPSA) is 81.8 Å². The van der Waals surface area contributed by atoms with Crippen LogP contribution in [0.5, 0.6) is 0 Å². The zero-order valence-electron chi connectivity index (χ0n) is 24.6. The fourth-order valence-electron chi connectivity index (χ4n) is 6.73. The van der Waals surface area contributed by atoms with Crippen molar-refractivity contribution in [1.82, 2.24) is 19.8 Å². The molecule has 2 fully saturated rings. The lowest BCUT2D eigenvalue weighted by Crippen LogP contribution is -2.51. The summed E-state index contributed by atoms with van der Waals surface area (Å²) in [5.41, 5.74) is 2.38. The molecule has 1 saturated heterocycles. The quantitative estimate of drug-likeness (QED) is 0.305. The average Bonchev–Trinajstić information content (AvgIpc) is 3.41. The molecule has 3 aromatic rings. The molecule has 2 N–H and O–H groups in total. The second kappa shape index (κ2) is 14.3. The highest BCUT2D eigenvalue weighted by molar-refractivity contribution is 7.89. The zero-order chi connectivity index (χ0) is 29.4. The number of nitrogens with zero attached hydrogens (tertiary/aromatic N) is 2. The predicted octanol–water partition coefficient (Wildman–Crippen LogP) is 5.61. The van der Waals surface area contributed by atoms with Crippen LogP contribution in [0.3, 0.4) is 0 Å². The Bertz CT molecular complexity index is 1360. The van der Waals surface area contributed by atoms with E-state index in [1.807, 2.05) is 47.4 Å². The van der Waals surface area contributed by atoms with Gasteiger partial charge in [-0.25, -0.2) is 17.9 Å². The van der Waals surface area contributed by atoms with Gasteiger partial charge in [-0.15, -0.1) is 0 Å². The van der Waals surface area contributed by atoms with Crippen LogP contribution in [-0.2, 0) is 16.6 Å². The summed E-state index contributed by atoms with van der Waals surface area (Å²) in [4.78, 5) is 18.0. The Kier molecular flexibility index (Phi) is 10.3. The third kappa shape index (κ3) is 7.79. The fourth-order valence-corrected chi connectivity index (χ4v) is 8.01. The molecule has 0 aromatic heterocycles. The summed E-state index contributed by atoms with van der Waals surface area (Å²) < 4.78 is 29.2. The van der Waals surface area contributed by atoms with E-state index >= 15 is 0 Å². The fraction of sp³-hybridized carbons (Fsp3) is 0.441. The van der Waals surface area contributed by atoms with Crippen LogP contribution in [-0.4, -0.2) is 62.5 Å². The summed E-state index contributed by atoms with van der Waals surface area (Å²) in [5, 5.41) is 3.13. The van der Waals surface area contributed by atoms with Gasteiger partial charge in [-0.05, 0) is 67.2 Å². The summed E-state index contributed by atoms with van der Waals surface area (Å²) in [5.74, 6) is 0.654. The number of nitrogens with one attached hydrogen (secondary N) is 2. The molecule has 2 amide bonds. The van der Waals surface area contributed by atoms with Crippen molar-refractivity contribution in [3.63, 3.8) is 0 Å². The van der Waals surface area contributed by atoms with Gasteiger partial charge >= 0.3 is 6.03 Å². The average molecular weight is 589 g/mol. The zero-order valence-corrected chi connectivity index (χ0v) is 25.4. The maximum Gasteiger partial charge on any atom is 0.317 e. The first-order valence-electron chi connectivity index (χ1n) is 15.4. The summed E-state index contributed by atoms with van der Waals surface area (Å²) in [6.45, 7) is 6.23. The molecule has 5 rings (SSSR count). The van der Waals surface area contributed by atoms with E-state index in [0.29, 0.717) is 23.3 Å². The molecular weight excluding hydrogens is 544 g/mol. The number of carbonyl (C=O) groups is 1. The number of piperidine rings is 1. The van der Waals surface area contributed by atoms with Crippen molar-refractivity contribution in [3.8, 4) is 0 Å². The van der Waals surface area contributed by atoms with E-state index in [0.717, 1.165) is 63.8 Å². The van der Waals surface area contributed by atoms with Gasteiger partial charge in [0.2, 0.25) is 10.0 Å². The Morgan fingerprint density at radius 1 is 0.881 bits per heavy atom. The number of hydrogen-bond acceptors (Lipinski definition) is 4. The van der Waals surface area contributed by atoms with E-state index in [1.165, 1.54) is 5.56 Å². The van der Waals surface area contributed by atoms with E-state index in [9.17, 15) is 13.2 Å². The van der Waals surface area contributed by atoms with Crippen LogP contribution in [0.2, 0.25) is 0 Å². The molecule has 3 atom stereocenters. The van der Waals surface area contributed by atoms with Crippen LogP contribution < -0.4 is 10.0 Å². The van der Waals surface area contributed by atoms with Gasteiger partial charge in [0.05, 0.1) is 4.90 Å². The lowest BCUT2D eigenvalue weighted by atomic mass is 9.88. The first-order chi connectivity index (χ1) is 20.4. The SMILES string of the molecule is CCCN(C(=O)NCc1ccccc1)C1CCN(C[C@H]2CC(NS(=O)(=O)c3ccccc3)CC2c2ccccc2)CC1. The summed E-state index contributed by atoms with van der Waals surface area (Å²) in [6.07, 6.45) is 4.44. The first-order valence-corrected chi connectivity index (χ1v) is 16.8. The number of rotatable bonds is 11. The minimum absolute atomic E-state index is 0.0210. The van der Waals surface area contributed by atoms with Crippen molar-refractivity contribution in [2.24, 2.45) is 5.92 Å². The molecule has 2 unspecified atom stereocenters. The van der Waals surface area contributed by atoms with Gasteiger partial charge in [-0.2, -0.15) is 0 Å². The third-order valence-electron chi connectivity index (χ3n) is 8.80. The summed E-state index contributed by atoms with van der Waals surface area (Å²) >= 11 is 0. The van der Waals surface area contributed by atoms with Gasteiger partial charge in [-0.3, -0.25) is 0 Å². The van der Waals surface area contributed by atoms with Crippen molar-refractivity contribution < 1.29 is 13.2 Å². The number of benzene rings is 3. The maximum absolute atomic E-state index is 13.2. The maximum atomic E-state index is 13.2. The molecular formula is C34H44N4O3S. The molecule has 7 nitrogen and oxygen atoms in total. The van der Waals surface area contributed by atoms with Crippen LogP contribution in [0.1, 0.15) is 56.1 Å². The molecule has 224 valence electrons. The Balaban J connectivity index is 1.19. The molecule has 0 spiro atoms. The number of carbonyl (C=O) groups excluding carboxylic acids is 1. The van der Waals surface area contributed by atoms with E-state index in [4.69, 9.17) is 0 Å². The number of likely N-dealkylation sites (tertiary alicyclic amines) is 1. The third-order valence-corrected chi connectivity index (χ3v) is 10.3. The van der Waals surface area contributed by atoms with Gasteiger partial charge in [0.25, 0.3) is 0 Å². The molecule has 1 saturated carbocycles. The van der Waals surface area contributed by atoms with E-state index in [1.54, 1.807) is 24.3 Å². The van der Waals surface area contributed by atoms with Gasteiger partial charge in [0, 0.05) is 44.8 Å². The molecule has 1 aliphatic carbocycles. The number of hydrogen-bond donors (Lipinski definition) is 2. The van der Waals surface area contributed by atoms with Gasteiger partial charge in [0.15, 0.2) is 0 Å². The lowest BCUT2D eigenvalue weighted by molar-refractivity contribution is 0.109. The monoisotopic (exact) mass is 588 g/mol. The summed E-state index contributed by atoms with van der Waals surface area (Å²) in [6, 6.07) is 29.4. The van der Waals surface area contributed by atoms with Crippen molar-refractivity contribution >= 4 is 16.1 Å². The highest BCUT2D eigenvalue weighted by Crippen LogP contribution is 2.41. The number of urea groups is 1. The molecule has 0 radical (unpaired) electrons. The first kappa shape index (κ1) is 30.3. The van der Waals surface area contributed by atoms with Crippen molar-refractivity contribution in [3.05, 3.63) is 102 Å². The molecule has 0 bridgehead atoms. The van der Waals surface area contributed by atoms with Gasteiger partial charge < -0.3 is 15.1 Å². The molecule has 1 aliphatic heterocycles. The predicted molar refractivity (Wildman–Crippen MR) is 168 cm³/mol. The van der Waals surface area contributed by atoms with Crippen molar-refractivity contribution in [2.45, 2.75) is 68.5 Å². The minimum Gasteiger partial charge on any atom is -0.334 e. The van der Waals surface area contributed by atoms with Crippen LogP contribution in [0.4, 0.5) is 4.79 Å². The molecule has 42 heavy (non-hydrogen) atoms. The highest BCUT2D eigenvalue weighted by atomic mass is 32.2. The molecule has 3 aromatic carbocycles. The Morgan fingerprint density at radius 2 is 1.50 bits per heavy atom. The van der Waals surface area contributed by atoms with Crippen LogP contribution in [0.25, 0.3) is 0 Å². The van der Waals surface area contributed by atoms with Crippen LogP contribution >= 0.6 is 0 Å². The Labute approximate surface area is 251 Å². The van der Waals surface area contributed by atoms with Crippen LogP contribution in [0, 0.1) is 5.92 Å².